The molecule has 0 saturated heterocycles. The van der Waals surface area contributed by atoms with Crippen molar-refractivity contribution in [2.75, 3.05) is 20.3 Å². The summed E-state index contributed by atoms with van der Waals surface area (Å²) in [6.45, 7) is 4.58. The molecule has 1 aromatic carbocycles. The summed E-state index contributed by atoms with van der Waals surface area (Å²) in [5.41, 5.74) is 0.782. The van der Waals surface area contributed by atoms with Gasteiger partial charge in [-0.3, -0.25) is 4.79 Å². The van der Waals surface area contributed by atoms with E-state index in [1.54, 1.807) is 20.1 Å². The lowest BCUT2D eigenvalue weighted by Crippen LogP contribution is -2.09. The van der Waals surface area contributed by atoms with E-state index in [9.17, 15) is 4.79 Å². The molecule has 0 spiro atoms. The molecular formula is C13H18O4. The van der Waals surface area contributed by atoms with Crippen molar-refractivity contribution in [3.8, 4) is 11.5 Å². The van der Waals surface area contributed by atoms with Gasteiger partial charge in [0.15, 0.2) is 11.5 Å². The molecule has 0 aliphatic heterocycles. The maximum Gasteiger partial charge on any atom is 0.310 e. The molecule has 1 rings (SSSR count). The van der Waals surface area contributed by atoms with Crippen LogP contribution in [0.4, 0.5) is 0 Å². The number of carbonyl (C=O) groups is 1. The van der Waals surface area contributed by atoms with Crippen molar-refractivity contribution in [3.63, 3.8) is 0 Å². The lowest BCUT2D eigenvalue weighted by atomic mass is 10.1. The first-order valence-corrected chi connectivity index (χ1v) is 5.67. The standard InChI is InChI=1S/C13H18O4/c1-4-16-12(14)9-10-7-6-8-11(15-3)13(10)17-5-2/h6-8H,4-5,9H2,1-3H3. The van der Waals surface area contributed by atoms with Gasteiger partial charge in [-0.2, -0.15) is 0 Å². The number of para-hydroxylation sites is 1. The summed E-state index contributed by atoms with van der Waals surface area (Å²) in [5, 5.41) is 0. The average Bonchev–Trinajstić information content (AvgIpc) is 2.32. The van der Waals surface area contributed by atoms with Gasteiger partial charge in [-0.1, -0.05) is 12.1 Å². The van der Waals surface area contributed by atoms with E-state index in [0.29, 0.717) is 24.7 Å². The van der Waals surface area contributed by atoms with Crippen LogP contribution in [0.1, 0.15) is 19.4 Å². The Labute approximate surface area is 101 Å². The Morgan fingerprint density at radius 2 is 2.00 bits per heavy atom. The zero-order chi connectivity index (χ0) is 12.7. The quantitative estimate of drug-likeness (QED) is 0.713. The van der Waals surface area contributed by atoms with Crippen LogP contribution in [0, 0.1) is 0 Å². The lowest BCUT2D eigenvalue weighted by Gasteiger charge is -2.13. The Kier molecular flexibility index (Phi) is 5.33. The fourth-order valence-electron chi connectivity index (χ4n) is 1.54. The van der Waals surface area contributed by atoms with Gasteiger partial charge in [-0.25, -0.2) is 0 Å². The van der Waals surface area contributed by atoms with Crippen molar-refractivity contribution in [1.29, 1.82) is 0 Å². The highest BCUT2D eigenvalue weighted by Gasteiger charge is 2.13. The van der Waals surface area contributed by atoms with Gasteiger partial charge in [-0.05, 0) is 19.9 Å². The second-order valence-electron chi connectivity index (χ2n) is 3.36. The molecular weight excluding hydrogens is 220 g/mol. The molecule has 94 valence electrons. The van der Waals surface area contributed by atoms with Crippen molar-refractivity contribution in [2.45, 2.75) is 20.3 Å². The van der Waals surface area contributed by atoms with Crippen LogP contribution in [0.2, 0.25) is 0 Å². The van der Waals surface area contributed by atoms with Gasteiger partial charge in [-0.15, -0.1) is 0 Å². The predicted molar refractivity (Wildman–Crippen MR) is 64.5 cm³/mol. The summed E-state index contributed by atoms with van der Waals surface area (Å²) in [7, 11) is 1.58. The molecule has 0 bridgehead atoms. The van der Waals surface area contributed by atoms with E-state index in [1.165, 1.54) is 0 Å². The first-order valence-electron chi connectivity index (χ1n) is 5.67. The third kappa shape index (κ3) is 3.66. The molecule has 0 N–H and O–H groups in total. The van der Waals surface area contributed by atoms with E-state index < -0.39 is 0 Å². The Balaban J connectivity index is 2.93. The summed E-state index contributed by atoms with van der Waals surface area (Å²) in [6.07, 6.45) is 0.195. The van der Waals surface area contributed by atoms with E-state index in [2.05, 4.69) is 0 Å². The van der Waals surface area contributed by atoms with Gasteiger partial charge in [0.25, 0.3) is 0 Å². The summed E-state index contributed by atoms with van der Waals surface area (Å²) in [4.78, 5) is 11.4. The summed E-state index contributed by atoms with van der Waals surface area (Å²) < 4.78 is 15.6. The van der Waals surface area contributed by atoms with Crippen LogP contribution in [0.15, 0.2) is 18.2 Å². The van der Waals surface area contributed by atoms with E-state index in [-0.39, 0.29) is 12.4 Å². The normalized spacial score (nSPS) is 9.82. The fraction of sp³-hybridized carbons (Fsp3) is 0.462. The molecule has 4 nitrogen and oxygen atoms in total. The summed E-state index contributed by atoms with van der Waals surface area (Å²) in [5.74, 6) is 0.987. The molecule has 0 heterocycles. The number of rotatable bonds is 6. The first kappa shape index (κ1) is 13.4. The van der Waals surface area contributed by atoms with Gasteiger partial charge in [0.1, 0.15) is 0 Å². The van der Waals surface area contributed by atoms with Crippen LogP contribution in [-0.2, 0) is 16.0 Å². The predicted octanol–water partition coefficient (Wildman–Crippen LogP) is 2.20. The fourth-order valence-corrected chi connectivity index (χ4v) is 1.54. The number of benzene rings is 1. The van der Waals surface area contributed by atoms with Gasteiger partial charge in [0.05, 0.1) is 26.7 Å². The minimum absolute atomic E-state index is 0.195. The van der Waals surface area contributed by atoms with Crippen LogP contribution >= 0.6 is 0 Å². The number of hydrogen-bond acceptors (Lipinski definition) is 4. The van der Waals surface area contributed by atoms with Crippen LogP contribution in [0.3, 0.4) is 0 Å². The lowest BCUT2D eigenvalue weighted by molar-refractivity contribution is -0.142. The Hall–Kier alpha value is -1.71. The molecule has 1 aromatic rings. The maximum atomic E-state index is 11.4. The van der Waals surface area contributed by atoms with Crippen molar-refractivity contribution in [3.05, 3.63) is 23.8 Å². The number of methoxy groups -OCH3 is 1. The molecule has 4 heteroatoms. The largest absolute Gasteiger partial charge is 0.493 e. The highest BCUT2D eigenvalue weighted by molar-refractivity contribution is 5.74. The molecule has 0 saturated carbocycles. The molecule has 0 radical (unpaired) electrons. The summed E-state index contributed by atoms with van der Waals surface area (Å²) in [6, 6.07) is 5.47. The van der Waals surface area contributed by atoms with Crippen LogP contribution in [-0.4, -0.2) is 26.3 Å². The monoisotopic (exact) mass is 238 g/mol. The van der Waals surface area contributed by atoms with Crippen LogP contribution in [0.25, 0.3) is 0 Å². The topological polar surface area (TPSA) is 44.8 Å². The zero-order valence-corrected chi connectivity index (χ0v) is 10.5. The minimum atomic E-state index is -0.262. The molecule has 0 unspecified atom stereocenters. The molecule has 0 atom stereocenters. The summed E-state index contributed by atoms with van der Waals surface area (Å²) >= 11 is 0. The van der Waals surface area contributed by atoms with Crippen molar-refractivity contribution in [1.82, 2.24) is 0 Å². The molecule has 0 aliphatic carbocycles. The molecule has 0 aromatic heterocycles. The number of carbonyl (C=O) groups excluding carboxylic acids is 1. The molecule has 0 aliphatic rings. The van der Waals surface area contributed by atoms with Crippen molar-refractivity contribution in [2.24, 2.45) is 0 Å². The minimum Gasteiger partial charge on any atom is -0.493 e. The Bertz CT molecular complexity index is 374. The SMILES string of the molecule is CCOC(=O)Cc1cccc(OC)c1OCC. The highest BCUT2D eigenvalue weighted by Crippen LogP contribution is 2.31. The number of ether oxygens (including phenoxy) is 3. The second kappa shape index (κ2) is 6.78. The van der Waals surface area contributed by atoms with Crippen LogP contribution < -0.4 is 9.47 Å². The average molecular weight is 238 g/mol. The zero-order valence-electron chi connectivity index (χ0n) is 10.5. The van der Waals surface area contributed by atoms with Gasteiger partial charge in [0.2, 0.25) is 0 Å². The maximum absolute atomic E-state index is 11.4. The van der Waals surface area contributed by atoms with Crippen molar-refractivity contribution < 1.29 is 19.0 Å². The Morgan fingerprint density at radius 3 is 2.59 bits per heavy atom. The second-order valence-corrected chi connectivity index (χ2v) is 3.36. The first-order chi connectivity index (χ1) is 8.22. The van der Waals surface area contributed by atoms with E-state index in [0.717, 1.165) is 5.56 Å². The smallest absolute Gasteiger partial charge is 0.310 e. The van der Waals surface area contributed by atoms with Gasteiger partial charge in [0, 0.05) is 5.56 Å². The van der Waals surface area contributed by atoms with Gasteiger partial charge >= 0.3 is 5.97 Å². The van der Waals surface area contributed by atoms with E-state index in [4.69, 9.17) is 14.2 Å². The molecule has 0 fully saturated rings. The van der Waals surface area contributed by atoms with Crippen molar-refractivity contribution >= 4 is 5.97 Å². The third-order valence-electron chi connectivity index (χ3n) is 2.21. The Morgan fingerprint density at radius 1 is 1.24 bits per heavy atom. The number of hydrogen-bond donors (Lipinski definition) is 0. The van der Waals surface area contributed by atoms with E-state index >= 15 is 0 Å². The highest BCUT2D eigenvalue weighted by atomic mass is 16.5. The molecule has 0 amide bonds. The third-order valence-corrected chi connectivity index (χ3v) is 2.21. The van der Waals surface area contributed by atoms with E-state index in [1.807, 2.05) is 19.1 Å². The van der Waals surface area contributed by atoms with Crippen LogP contribution in [0.5, 0.6) is 11.5 Å². The molecule has 17 heavy (non-hydrogen) atoms. The van der Waals surface area contributed by atoms with Gasteiger partial charge < -0.3 is 14.2 Å². The number of esters is 1.